The average Bonchev–Trinajstić information content (AvgIpc) is 2.48. The summed E-state index contributed by atoms with van der Waals surface area (Å²) in [5, 5.41) is 13.1. The number of hydrogen-bond donors (Lipinski definition) is 2. The van der Waals surface area contributed by atoms with Gasteiger partial charge < -0.3 is 20.1 Å². The van der Waals surface area contributed by atoms with E-state index in [0.29, 0.717) is 19.1 Å². The van der Waals surface area contributed by atoms with Crippen molar-refractivity contribution >= 4 is 6.09 Å². The highest BCUT2D eigenvalue weighted by Crippen LogP contribution is 2.16. The van der Waals surface area contributed by atoms with Gasteiger partial charge in [0, 0.05) is 25.7 Å². The molecule has 0 saturated carbocycles. The van der Waals surface area contributed by atoms with E-state index in [1.54, 1.807) is 18.7 Å². The Labute approximate surface area is 122 Å². The first kappa shape index (κ1) is 17.2. The van der Waals surface area contributed by atoms with Crippen LogP contribution < -0.4 is 5.32 Å². The molecular formula is C15H30N2O3. The molecule has 1 amide bonds. The van der Waals surface area contributed by atoms with Crippen LogP contribution in [0.25, 0.3) is 0 Å². The Morgan fingerprint density at radius 3 is 2.45 bits per heavy atom. The van der Waals surface area contributed by atoms with E-state index in [2.05, 4.69) is 5.32 Å². The number of amides is 1. The van der Waals surface area contributed by atoms with Crippen LogP contribution in [-0.2, 0) is 4.74 Å². The second-order valence-corrected chi connectivity index (χ2v) is 7.29. The van der Waals surface area contributed by atoms with Gasteiger partial charge in [0.1, 0.15) is 5.60 Å². The lowest BCUT2D eigenvalue weighted by Gasteiger charge is -2.26. The van der Waals surface area contributed by atoms with Crippen LogP contribution in [0.2, 0.25) is 0 Å². The van der Waals surface area contributed by atoms with Gasteiger partial charge in [-0.05, 0) is 53.9 Å². The Hall–Kier alpha value is -0.810. The number of nitrogens with zero attached hydrogens (tertiary/aromatic N) is 1. The lowest BCUT2D eigenvalue weighted by molar-refractivity contribution is 0.0254. The maximum absolute atomic E-state index is 12.0. The molecule has 1 aliphatic rings. The molecule has 118 valence electrons. The molecule has 1 aliphatic heterocycles. The molecule has 1 rings (SSSR count). The maximum atomic E-state index is 12.0. The lowest BCUT2D eigenvalue weighted by Crippen LogP contribution is -2.41. The van der Waals surface area contributed by atoms with Gasteiger partial charge in [-0.3, -0.25) is 0 Å². The predicted molar refractivity (Wildman–Crippen MR) is 79.7 cm³/mol. The summed E-state index contributed by atoms with van der Waals surface area (Å²) in [7, 11) is 0. The highest BCUT2D eigenvalue weighted by Gasteiger charge is 2.25. The Balaban J connectivity index is 2.41. The smallest absolute Gasteiger partial charge is 0.410 e. The minimum Gasteiger partial charge on any atom is -0.444 e. The fourth-order valence-corrected chi connectivity index (χ4v) is 2.20. The van der Waals surface area contributed by atoms with E-state index in [4.69, 9.17) is 4.74 Å². The standard InChI is InChI=1S/C15H30N2O3/c1-14(2,3)20-13(18)17-9-6-7-12(8-10-17)16-11-15(4,5)19/h12,16,19H,6-11H2,1-5H3. The van der Waals surface area contributed by atoms with E-state index in [0.717, 1.165) is 25.8 Å². The topological polar surface area (TPSA) is 61.8 Å². The van der Waals surface area contributed by atoms with Crippen LogP contribution in [0.4, 0.5) is 4.79 Å². The number of hydrogen-bond acceptors (Lipinski definition) is 4. The van der Waals surface area contributed by atoms with Crippen molar-refractivity contribution < 1.29 is 14.6 Å². The van der Waals surface area contributed by atoms with Crippen molar-refractivity contribution in [1.82, 2.24) is 10.2 Å². The SMILES string of the molecule is CC(C)(O)CNC1CCCN(C(=O)OC(C)(C)C)CC1. The summed E-state index contributed by atoms with van der Waals surface area (Å²) in [5.74, 6) is 0. The molecule has 0 aliphatic carbocycles. The molecule has 0 aromatic heterocycles. The summed E-state index contributed by atoms with van der Waals surface area (Å²) in [6, 6.07) is 0.355. The van der Waals surface area contributed by atoms with Crippen molar-refractivity contribution in [2.24, 2.45) is 0 Å². The molecule has 1 fully saturated rings. The number of likely N-dealkylation sites (tertiary alicyclic amines) is 1. The summed E-state index contributed by atoms with van der Waals surface area (Å²) in [6.45, 7) is 11.3. The van der Waals surface area contributed by atoms with Crippen molar-refractivity contribution in [3.63, 3.8) is 0 Å². The predicted octanol–water partition coefficient (Wildman–Crippen LogP) is 2.14. The van der Waals surface area contributed by atoms with E-state index in [1.807, 2.05) is 20.8 Å². The molecule has 1 atom stereocenters. The summed E-state index contributed by atoms with van der Waals surface area (Å²) in [4.78, 5) is 13.8. The van der Waals surface area contributed by atoms with Crippen LogP contribution in [0.3, 0.4) is 0 Å². The Morgan fingerprint density at radius 1 is 1.25 bits per heavy atom. The highest BCUT2D eigenvalue weighted by atomic mass is 16.6. The molecule has 2 N–H and O–H groups in total. The van der Waals surface area contributed by atoms with Gasteiger partial charge in [0.2, 0.25) is 0 Å². The molecule has 0 aromatic carbocycles. The molecule has 1 heterocycles. The Kier molecular flexibility index (Phi) is 5.83. The second-order valence-electron chi connectivity index (χ2n) is 7.29. The molecule has 0 radical (unpaired) electrons. The monoisotopic (exact) mass is 286 g/mol. The van der Waals surface area contributed by atoms with Crippen molar-refractivity contribution in [3.05, 3.63) is 0 Å². The van der Waals surface area contributed by atoms with Crippen LogP contribution in [-0.4, -0.2) is 53.0 Å². The average molecular weight is 286 g/mol. The second kappa shape index (κ2) is 6.76. The Morgan fingerprint density at radius 2 is 1.90 bits per heavy atom. The quantitative estimate of drug-likeness (QED) is 0.834. The number of carbonyl (C=O) groups excluding carboxylic acids is 1. The van der Waals surface area contributed by atoms with Gasteiger partial charge in [-0.1, -0.05) is 0 Å². The molecule has 5 heteroatoms. The number of ether oxygens (including phenoxy) is 1. The summed E-state index contributed by atoms with van der Waals surface area (Å²) >= 11 is 0. The van der Waals surface area contributed by atoms with Gasteiger partial charge in [0.25, 0.3) is 0 Å². The van der Waals surface area contributed by atoms with Crippen molar-refractivity contribution in [2.75, 3.05) is 19.6 Å². The zero-order valence-electron chi connectivity index (χ0n) is 13.5. The van der Waals surface area contributed by atoms with Crippen molar-refractivity contribution in [1.29, 1.82) is 0 Å². The van der Waals surface area contributed by atoms with E-state index in [1.165, 1.54) is 0 Å². The van der Waals surface area contributed by atoms with Gasteiger partial charge >= 0.3 is 6.09 Å². The summed E-state index contributed by atoms with van der Waals surface area (Å²) in [5.41, 5.74) is -1.14. The van der Waals surface area contributed by atoms with E-state index < -0.39 is 11.2 Å². The number of nitrogens with one attached hydrogen (secondary N) is 1. The van der Waals surface area contributed by atoms with Crippen LogP contribution in [0.5, 0.6) is 0 Å². The molecular weight excluding hydrogens is 256 g/mol. The molecule has 0 aromatic rings. The van der Waals surface area contributed by atoms with Gasteiger partial charge in [-0.15, -0.1) is 0 Å². The van der Waals surface area contributed by atoms with Gasteiger partial charge in [0.15, 0.2) is 0 Å². The first-order valence-electron chi connectivity index (χ1n) is 7.50. The lowest BCUT2D eigenvalue weighted by atomic mass is 10.1. The Bertz CT molecular complexity index is 318. The highest BCUT2D eigenvalue weighted by molar-refractivity contribution is 5.68. The largest absolute Gasteiger partial charge is 0.444 e. The van der Waals surface area contributed by atoms with Gasteiger partial charge in [-0.25, -0.2) is 4.79 Å². The molecule has 1 saturated heterocycles. The van der Waals surface area contributed by atoms with Crippen molar-refractivity contribution in [3.8, 4) is 0 Å². The normalized spacial score (nSPS) is 21.5. The summed E-state index contributed by atoms with van der Waals surface area (Å²) in [6.07, 6.45) is 2.66. The van der Waals surface area contributed by atoms with Crippen LogP contribution in [0, 0.1) is 0 Å². The van der Waals surface area contributed by atoms with Crippen LogP contribution in [0.15, 0.2) is 0 Å². The third-order valence-electron chi connectivity index (χ3n) is 3.20. The number of rotatable bonds is 3. The van der Waals surface area contributed by atoms with Crippen molar-refractivity contribution in [2.45, 2.75) is 71.1 Å². The van der Waals surface area contributed by atoms with E-state index in [-0.39, 0.29) is 6.09 Å². The van der Waals surface area contributed by atoms with Gasteiger partial charge in [-0.2, -0.15) is 0 Å². The van der Waals surface area contributed by atoms with E-state index in [9.17, 15) is 9.90 Å². The molecule has 0 spiro atoms. The number of carbonyl (C=O) groups is 1. The maximum Gasteiger partial charge on any atom is 0.410 e. The molecule has 20 heavy (non-hydrogen) atoms. The summed E-state index contributed by atoms with van der Waals surface area (Å²) < 4.78 is 5.41. The molecule has 1 unspecified atom stereocenters. The fraction of sp³-hybridized carbons (Fsp3) is 0.933. The first-order chi connectivity index (χ1) is 9.07. The zero-order valence-corrected chi connectivity index (χ0v) is 13.5. The third-order valence-corrected chi connectivity index (χ3v) is 3.20. The fourth-order valence-electron chi connectivity index (χ4n) is 2.20. The molecule has 5 nitrogen and oxygen atoms in total. The first-order valence-corrected chi connectivity index (χ1v) is 7.50. The number of aliphatic hydroxyl groups is 1. The van der Waals surface area contributed by atoms with Crippen LogP contribution >= 0.6 is 0 Å². The minimum atomic E-state index is -0.697. The van der Waals surface area contributed by atoms with Gasteiger partial charge in [0.05, 0.1) is 5.60 Å². The minimum absolute atomic E-state index is 0.222. The van der Waals surface area contributed by atoms with Crippen LogP contribution in [0.1, 0.15) is 53.9 Å². The third kappa shape index (κ3) is 7.10. The molecule has 0 bridgehead atoms. The van der Waals surface area contributed by atoms with E-state index >= 15 is 0 Å². The zero-order chi connectivity index (χ0) is 15.4.